The summed E-state index contributed by atoms with van der Waals surface area (Å²) in [6.45, 7) is 3.99. The molecule has 31 heavy (non-hydrogen) atoms. The molecule has 0 aromatic heterocycles. The normalized spacial score (nSPS) is 14.4. The number of halogens is 1. The van der Waals surface area contributed by atoms with Crippen molar-refractivity contribution in [3.63, 3.8) is 0 Å². The van der Waals surface area contributed by atoms with Gasteiger partial charge in [0.05, 0.1) is 7.11 Å². The molecule has 1 saturated carbocycles. The smallest absolute Gasteiger partial charge is 0.257 e. The molecule has 1 aliphatic rings. The molecular weight excluding hydrogens is 507 g/mol. The zero-order valence-electron chi connectivity index (χ0n) is 19.2. The third-order valence-corrected chi connectivity index (χ3v) is 5.45. The number of hydrogen-bond acceptors (Lipinski definition) is 4. The Morgan fingerprint density at radius 3 is 2.58 bits per heavy atom. The van der Waals surface area contributed by atoms with Crippen molar-refractivity contribution in [2.24, 2.45) is 10.9 Å². The molecule has 0 atom stereocenters. The van der Waals surface area contributed by atoms with Gasteiger partial charge in [0.15, 0.2) is 24.1 Å². The molecule has 3 N–H and O–H groups in total. The average molecular weight is 546 g/mol. The first-order valence-corrected chi connectivity index (χ1v) is 11.2. The van der Waals surface area contributed by atoms with Gasteiger partial charge in [-0.25, -0.2) is 0 Å². The van der Waals surface area contributed by atoms with Crippen molar-refractivity contribution in [1.29, 1.82) is 0 Å². The van der Waals surface area contributed by atoms with Crippen LogP contribution in [0.15, 0.2) is 23.2 Å². The van der Waals surface area contributed by atoms with E-state index in [2.05, 4.69) is 20.9 Å². The molecule has 2 rings (SSSR count). The predicted octanol–water partition coefficient (Wildman–Crippen LogP) is 3.85. The lowest BCUT2D eigenvalue weighted by molar-refractivity contribution is -0.123. The number of rotatable bonds is 11. The molecule has 0 radical (unpaired) electrons. The highest BCUT2D eigenvalue weighted by Crippen LogP contribution is 2.28. The molecule has 0 spiro atoms. The van der Waals surface area contributed by atoms with E-state index in [-0.39, 0.29) is 36.5 Å². The average Bonchev–Trinajstić information content (AvgIpc) is 2.78. The summed E-state index contributed by atoms with van der Waals surface area (Å²) in [7, 11) is 3.38. The number of amides is 1. The van der Waals surface area contributed by atoms with E-state index in [1.54, 1.807) is 14.2 Å². The van der Waals surface area contributed by atoms with E-state index in [4.69, 9.17) is 9.47 Å². The van der Waals surface area contributed by atoms with Crippen LogP contribution in [0.3, 0.4) is 0 Å². The van der Waals surface area contributed by atoms with E-state index in [1.165, 1.54) is 44.9 Å². The molecule has 0 aliphatic heterocycles. The van der Waals surface area contributed by atoms with Crippen LogP contribution in [-0.4, -0.2) is 45.7 Å². The Morgan fingerprint density at radius 2 is 1.90 bits per heavy atom. The first-order valence-electron chi connectivity index (χ1n) is 11.2. The molecule has 176 valence electrons. The van der Waals surface area contributed by atoms with Gasteiger partial charge in [0.25, 0.3) is 5.91 Å². The van der Waals surface area contributed by atoms with E-state index in [0.29, 0.717) is 24.6 Å². The SMILES string of the molecule is CCNC(=O)COc1ccc(CNC(=NC)NCCCC2CCCCC2)cc1OC.I. The molecule has 1 amide bonds. The highest BCUT2D eigenvalue weighted by atomic mass is 127. The van der Waals surface area contributed by atoms with Crippen LogP contribution in [0.4, 0.5) is 0 Å². The van der Waals surface area contributed by atoms with Crippen LogP contribution in [0.25, 0.3) is 0 Å². The molecular formula is C23H39IN4O3. The van der Waals surface area contributed by atoms with Crippen LogP contribution in [0.1, 0.15) is 57.4 Å². The zero-order valence-corrected chi connectivity index (χ0v) is 21.5. The highest BCUT2D eigenvalue weighted by molar-refractivity contribution is 14.0. The third-order valence-electron chi connectivity index (χ3n) is 5.45. The van der Waals surface area contributed by atoms with Gasteiger partial charge >= 0.3 is 0 Å². The maximum absolute atomic E-state index is 11.6. The second-order valence-corrected chi connectivity index (χ2v) is 7.73. The molecule has 1 fully saturated rings. The minimum Gasteiger partial charge on any atom is -0.493 e. The summed E-state index contributed by atoms with van der Waals surface area (Å²) in [4.78, 5) is 15.9. The molecule has 0 saturated heterocycles. The lowest BCUT2D eigenvalue weighted by atomic mass is 9.86. The van der Waals surface area contributed by atoms with Gasteiger partial charge in [-0.15, -0.1) is 24.0 Å². The fraction of sp³-hybridized carbons (Fsp3) is 0.652. The van der Waals surface area contributed by atoms with Gasteiger partial charge in [-0.3, -0.25) is 9.79 Å². The van der Waals surface area contributed by atoms with Gasteiger partial charge < -0.3 is 25.4 Å². The lowest BCUT2D eigenvalue weighted by Gasteiger charge is -2.21. The second kappa shape index (κ2) is 16.0. The minimum absolute atomic E-state index is 0. The first-order chi connectivity index (χ1) is 14.7. The summed E-state index contributed by atoms with van der Waals surface area (Å²) in [6, 6.07) is 5.70. The van der Waals surface area contributed by atoms with Crippen LogP contribution in [0, 0.1) is 5.92 Å². The van der Waals surface area contributed by atoms with Crippen LogP contribution in [0.5, 0.6) is 11.5 Å². The van der Waals surface area contributed by atoms with Gasteiger partial charge in [0.1, 0.15) is 0 Å². The van der Waals surface area contributed by atoms with E-state index >= 15 is 0 Å². The molecule has 0 bridgehead atoms. The van der Waals surface area contributed by atoms with Crippen molar-refractivity contribution in [2.75, 3.05) is 33.9 Å². The van der Waals surface area contributed by atoms with E-state index in [0.717, 1.165) is 24.0 Å². The molecule has 0 unspecified atom stereocenters. The number of nitrogens with one attached hydrogen (secondary N) is 3. The van der Waals surface area contributed by atoms with Crippen LogP contribution >= 0.6 is 24.0 Å². The van der Waals surface area contributed by atoms with Gasteiger partial charge in [-0.2, -0.15) is 0 Å². The van der Waals surface area contributed by atoms with Crippen molar-refractivity contribution >= 4 is 35.8 Å². The molecule has 1 aliphatic carbocycles. The van der Waals surface area contributed by atoms with E-state index in [1.807, 2.05) is 25.1 Å². The Kier molecular flexibility index (Phi) is 14.1. The van der Waals surface area contributed by atoms with Crippen molar-refractivity contribution in [3.05, 3.63) is 23.8 Å². The minimum atomic E-state index is -0.149. The van der Waals surface area contributed by atoms with E-state index in [9.17, 15) is 4.79 Å². The maximum atomic E-state index is 11.6. The number of guanidine groups is 1. The van der Waals surface area contributed by atoms with Crippen molar-refractivity contribution < 1.29 is 14.3 Å². The van der Waals surface area contributed by atoms with Crippen LogP contribution in [-0.2, 0) is 11.3 Å². The molecule has 0 heterocycles. The van der Waals surface area contributed by atoms with Gasteiger partial charge in [0, 0.05) is 26.7 Å². The van der Waals surface area contributed by atoms with Gasteiger partial charge in [0.2, 0.25) is 0 Å². The molecule has 1 aromatic rings. The summed E-state index contributed by atoms with van der Waals surface area (Å²) in [5.74, 6) is 2.72. The number of hydrogen-bond donors (Lipinski definition) is 3. The quantitative estimate of drug-likeness (QED) is 0.170. The maximum Gasteiger partial charge on any atom is 0.257 e. The second-order valence-electron chi connectivity index (χ2n) is 7.73. The lowest BCUT2D eigenvalue weighted by Crippen LogP contribution is -2.37. The number of carbonyl (C=O) groups is 1. The largest absolute Gasteiger partial charge is 0.493 e. The zero-order chi connectivity index (χ0) is 21.6. The highest BCUT2D eigenvalue weighted by Gasteiger charge is 2.13. The van der Waals surface area contributed by atoms with Crippen molar-refractivity contribution in [1.82, 2.24) is 16.0 Å². The monoisotopic (exact) mass is 546 g/mol. The van der Waals surface area contributed by atoms with Crippen molar-refractivity contribution in [3.8, 4) is 11.5 Å². The Labute approximate surface area is 204 Å². The van der Waals surface area contributed by atoms with Crippen molar-refractivity contribution in [2.45, 2.75) is 58.4 Å². The number of carbonyl (C=O) groups excluding carboxylic acids is 1. The number of ether oxygens (including phenoxy) is 2. The van der Waals surface area contributed by atoms with E-state index < -0.39 is 0 Å². The Morgan fingerprint density at radius 1 is 1.13 bits per heavy atom. The summed E-state index contributed by atoms with van der Waals surface area (Å²) < 4.78 is 11.0. The number of methoxy groups -OCH3 is 1. The summed E-state index contributed by atoms with van der Waals surface area (Å²) in [6.07, 6.45) is 9.50. The molecule has 1 aromatic carbocycles. The van der Waals surface area contributed by atoms with Gasteiger partial charge in [-0.05, 0) is 43.4 Å². The topological polar surface area (TPSA) is 84.0 Å². The predicted molar refractivity (Wildman–Crippen MR) is 137 cm³/mol. The van der Waals surface area contributed by atoms with Crippen LogP contribution < -0.4 is 25.4 Å². The van der Waals surface area contributed by atoms with Crippen LogP contribution in [0.2, 0.25) is 0 Å². The van der Waals surface area contributed by atoms with Gasteiger partial charge in [-0.1, -0.05) is 38.2 Å². The number of likely N-dealkylation sites (N-methyl/N-ethyl adjacent to an activating group) is 1. The first kappa shape index (κ1) is 27.3. The fourth-order valence-electron chi connectivity index (χ4n) is 3.81. The standard InChI is InChI=1S/C23H38N4O3.HI/c1-4-25-22(28)17-30-20-13-12-19(15-21(20)29-3)16-27-23(24-2)26-14-8-11-18-9-6-5-7-10-18;/h12-13,15,18H,4-11,14,16-17H2,1-3H3,(H,25,28)(H2,24,26,27);1H. The molecule has 7 nitrogen and oxygen atoms in total. The molecule has 8 heteroatoms. The third kappa shape index (κ3) is 10.4. The summed E-state index contributed by atoms with van der Waals surface area (Å²) >= 11 is 0. The Hall–Kier alpha value is -1.71. The summed E-state index contributed by atoms with van der Waals surface area (Å²) in [5.41, 5.74) is 1.04. The number of benzene rings is 1. The Balaban J connectivity index is 0.00000480. The number of nitrogens with zero attached hydrogens (tertiary/aromatic N) is 1. The Bertz CT molecular complexity index is 679. The number of aliphatic imine (C=N–C) groups is 1. The fourth-order valence-corrected chi connectivity index (χ4v) is 3.81. The summed E-state index contributed by atoms with van der Waals surface area (Å²) in [5, 5.41) is 9.45.